The number of hydrogen-bond donors (Lipinski definition) is 2. The number of nitrogens with zero attached hydrogens (tertiary/aromatic N) is 2. The highest BCUT2D eigenvalue weighted by molar-refractivity contribution is 7.09. The maximum Gasteiger partial charge on any atom is 0.271 e. The summed E-state index contributed by atoms with van der Waals surface area (Å²) in [5.41, 5.74) is 8.32. The molecular weight excluding hydrogens is 379 g/mol. The van der Waals surface area contributed by atoms with Crippen molar-refractivity contribution in [2.45, 2.75) is 26.4 Å². The van der Waals surface area contributed by atoms with Crippen LogP contribution in [-0.4, -0.2) is 35.9 Å². The van der Waals surface area contributed by atoms with Crippen molar-refractivity contribution < 1.29 is 4.79 Å². The van der Waals surface area contributed by atoms with Crippen molar-refractivity contribution in [1.82, 2.24) is 15.2 Å². The average Bonchev–Trinajstić information content (AvgIpc) is 3.02. The van der Waals surface area contributed by atoms with E-state index in [1.54, 1.807) is 5.38 Å². The Kier molecular flexibility index (Phi) is 11.6. The number of halogens is 2. The lowest BCUT2D eigenvalue weighted by Crippen LogP contribution is -2.23. The molecule has 140 valence electrons. The molecule has 0 fully saturated rings. The van der Waals surface area contributed by atoms with Gasteiger partial charge >= 0.3 is 0 Å². The fraction of sp³-hybridized carbons (Fsp3) is 0.412. The van der Waals surface area contributed by atoms with Gasteiger partial charge in [0.05, 0.1) is 5.01 Å². The first-order valence-electron chi connectivity index (χ1n) is 7.81. The van der Waals surface area contributed by atoms with Gasteiger partial charge in [-0.3, -0.25) is 4.79 Å². The van der Waals surface area contributed by atoms with Crippen LogP contribution in [0.15, 0.2) is 29.6 Å². The Labute approximate surface area is 165 Å². The van der Waals surface area contributed by atoms with Crippen molar-refractivity contribution in [3.8, 4) is 0 Å². The van der Waals surface area contributed by atoms with Gasteiger partial charge < -0.3 is 16.0 Å². The lowest BCUT2D eigenvalue weighted by atomic mass is 10.1. The second-order valence-electron chi connectivity index (χ2n) is 5.50. The number of nitrogens with two attached hydrogens (primary N) is 1. The molecule has 5 nitrogen and oxygen atoms in total. The number of aromatic nitrogens is 1. The third-order valence-electron chi connectivity index (χ3n) is 3.58. The van der Waals surface area contributed by atoms with Gasteiger partial charge in [0, 0.05) is 24.9 Å². The Morgan fingerprint density at radius 3 is 2.72 bits per heavy atom. The minimum atomic E-state index is -0.138. The molecule has 0 aliphatic carbocycles. The van der Waals surface area contributed by atoms with Gasteiger partial charge in [0.2, 0.25) is 0 Å². The standard InChI is InChI=1S/C17H24N4OS.2ClH/c1-3-21(2)11-14-6-4-5-13(9-14)10-19-17(22)15-12-23-16(20-15)7-8-18;;/h4-6,9,12H,3,7-8,10-11,18H2,1-2H3,(H,19,22);2*1H. The summed E-state index contributed by atoms with van der Waals surface area (Å²) < 4.78 is 0. The molecule has 0 unspecified atom stereocenters. The Morgan fingerprint density at radius 1 is 1.32 bits per heavy atom. The number of carbonyl (C=O) groups excluding carboxylic acids is 1. The number of carbonyl (C=O) groups is 1. The van der Waals surface area contributed by atoms with Crippen LogP contribution in [0.5, 0.6) is 0 Å². The summed E-state index contributed by atoms with van der Waals surface area (Å²) in [4.78, 5) is 18.7. The molecule has 25 heavy (non-hydrogen) atoms. The Balaban J connectivity index is 0.00000288. The van der Waals surface area contributed by atoms with Crippen molar-refractivity contribution in [2.24, 2.45) is 5.73 Å². The first-order valence-corrected chi connectivity index (χ1v) is 8.69. The third-order valence-corrected chi connectivity index (χ3v) is 4.49. The summed E-state index contributed by atoms with van der Waals surface area (Å²) in [6.07, 6.45) is 0.713. The summed E-state index contributed by atoms with van der Waals surface area (Å²) in [5.74, 6) is -0.138. The van der Waals surface area contributed by atoms with Crippen LogP contribution < -0.4 is 11.1 Å². The molecule has 0 spiro atoms. The van der Waals surface area contributed by atoms with Gasteiger partial charge in [-0.25, -0.2) is 4.98 Å². The first-order chi connectivity index (χ1) is 11.1. The minimum absolute atomic E-state index is 0. The van der Waals surface area contributed by atoms with Crippen LogP contribution in [-0.2, 0) is 19.5 Å². The number of rotatable bonds is 8. The Hall–Kier alpha value is -1.18. The molecule has 1 aromatic heterocycles. The second kappa shape index (κ2) is 12.2. The Morgan fingerprint density at radius 2 is 2.04 bits per heavy atom. The fourth-order valence-corrected chi connectivity index (χ4v) is 2.98. The zero-order chi connectivity index (χ0) is 16.7. The lowest BCUT2D eigenvalue weighted by molar-refractivity contribution is 0.0946. The van der Waals surface area contributed by atoms with Crippen molar-refractivity contribution in [3.05, 3.63) is 51.5 Å². The van der Waals surface area contributed by atoms with E-state index in [2.05, 4.69) is 41.3 Å². The fourth-order valence-electron chi connectivity index (χ4n) is 2.19. The molecule has 3 N–H and O–H groups in total. The van der Waals surface area contributed by atoms with E-state index in [-0.39, 0.29) is 30.7 Å². The van der Waals surface area contributed by atoms with Gasteiger partial charge in [0.15, 0.2) is 0 Å². The van der Waals surface area contributed by atoms with Crippen molar-refractivity contribution in [2.75, 3.05) is 20.1 Å². The van der Waals surface area contributed by atoms with E-state index < -0.39 is 0 Å². The van der Waals surface area contributed by atoms with Crippen LogP contribution in [0.4, 0.5) is 0 Å². The summed E-state index contributed by atoms with van der Waals surface area (Å²) >= 11 is 1.48. The predicted octanol–water partition coefficient (Wildman–Crippen LogP) is 2.87. The van der Waals surface area contributed by atoms with Gasteiger partial charge in [-0.2, -0.15) is 0 Å². The summed E-state index contributed by atoms with van der Waals surface area (Å²) in [6, 6.07) is 8.30. The van der Waals surface area contributed by atoms with Crippen molar-refractivity contribution in [1.29, 1.82) is 0 Å². The number of nitrogens with one attached hydrogen (secondary N) is 1. The van der Waals surface area contributed by atoms with Crippen LogP contribution in [0, 0.1) is 0 Å². The molecule has 1 aromatic carbocycles. The average molecular weight is 405 g/mol. The van der Waals surface area contributed by atoms with Crippen LogP contribution in [0.2, 0.25) is 0 Å². The van der Waals surface area contributed by atoms with Crippen LogP contribution in [0.1, 0.15) is 33.5 Å². The first kappa shape index (κ1) is 23.8. The quantitative estimate of drug-likeness (QED) is 0.709. The van der Waals surface area contributed by atoms with E-state index in [1.165, 1.54) is 16.9 Å². The van der Waals surface area contributed by atoms with Crippen molar-refractivity contribution in [3.63, 3.8) is 0 Å². The largest absolute Gasteiger partial charge is 0.347 e. The monoisotopic (exact) mass is 404 g/mol. The zero-order valence-corrected chi connectivity index (χ0v) is 17.0. The lowest BCUT2D eigenvalue weighted by Gasteiger charge is -2.14. The van der Waals surface area contributed by atoms with Crippen LogP contribution in [0.25, 0.3) is 0 Å². The second-order valence-corrected chi connectivity index (χ2v) is 6.44. The van der Waals surface area contributed by atoms with E-state index in [9.17, 15) is 4.79 Å². The Bertz CT molecular complexity index is 651. The number of amides is 1. The van der Waals surface area contributed by atoms with Crippen molar-refractivity contribution >= 4 is 42.1 Å². The molecular formula is C17H26Cl2N4OS. The van der Waals surface area contributed by atoms with E-state index >= 15 is 0 Å². The van der Waals surface area contributed by atoms with Gasteiger partial charge in [0.25, 0.3) is 5.91 Å². The van der Waals surface area contributed by atoms with Crippen LogP contribution in [0.3, 0.4) is 0 Å². The maximum absolute atomic E-state index is 12.1. The minimum Gasteiger partial charge on any atom is -0.347 e. The number of benzene rings is 1. The zero-order valence-electron chi connectivity index (χ0n) is 14.5. The molecule has 1 heterocycles. The highest BCUT2D eigenvalue weighted by Crippen LogP contribution is 2.11. The highest BCUT2D eigenvalue weighted by Gasteiger charge is 2.10. The normalized spacial score (nSPS) is 10.1. The smallest absolute Gasteiger partial charge is 0.271 e. The summed E-state index contributed by atoms with van der Waals surface area (Å²) in [5, 5.41) is 5.62. The number of hydrogen-bond acceptors (Lipinski definition) is 5. The molecule has 0 saturated heterocycles. The molecule has 0 aliphatic rings. The molecule has 8 heteroatoms. The highest BCUT2D eigenvalue weighted by atomic mass is 35.5. The molecule has 0 aliphatic heterocycles. The SMILES string of the molecule is CCN(C)Cc1cccc(CNC(=O)c2csc(CCN)n2)c1.Cl.Cl. The molecule has 0 bridgehead atoms. The molecule has 0 atom stereocenters. The van der Waals surface area contributed by atoms with E-state index in [0.717, 1.165) is 23.7 Å². The maximum atomic E-state index is 12.1. The van der Waals surface area contributed by atoms with E-state index in [4.69, 9.17) is 5.73 Å². The summed E-state index contributed by atoms with van der Waals surface area (Å²) in [7, 11) is 2.09. The van der Waals surface area contributed by atoms with Gasteiger partial charge in [0.1, 0.15) is 5.69 Å². The molecule has 0 radical (unpaired) electrons. The molecule has 1 amide bonds. The molecule has 2 rings (SSSR count). The molecule has 2 aromatic rings. The third kappa shape index (κ3) is 7.71. The van der Waals surface area contributed by atoms with Gasteiger partial charge in [-0.1, -0.05) is 31.2 Å². The topological polar surface area (TPSA) is 71.2 Å². The van der Waals surface area contributed by atoms with Crippen LogP contribution >= 0.6 is 36.2 Å². The molecule has 0 saturated carbocycles. The van der Waals surface area contributed by atoms with E-state index in [1.807, 2.05) is 12.1 Å². The number of thiazole rings is 1. The summed E-state index contributed by atoms with van der Waals surface area (Å²) in [6.45, 7) is 5.11. The van der Waals surface area contributed by atoms with E-state index in [0.29, 0.717) is 25.2 Å². The van der Waals surface area contributed by atoms with Gasteiger partial charge in [-0.15, -0.1) is 36.2 Å². The van der Waals surface area contributed by atoms with Gasteiger partial charge in [-0.05, 0) is 31.3 Å². The predicted molar refractivity (Wildman–Crippen MR) is 109 cm³/mol.